The molecule has 1 amide bonds. The Bertz CT molecular complexity index is 470. The van der Waals surface area contributed by atoms with Crippen molar-refractivity contribution in [3.63, 3.8) is 0 Å². The normalized spacial score (nSPS) is 19.2. The van der Waals surface area contributed by atoms with E-state index in [1.54, 1.807) is 0 Å². The lowest BCUT2D eigenvalue weighted by molar-refractivity contribution is -0.132. The predicted molar refractivity (Wildman–Crippen MR) is 76.7 cm³/mol. The molecular formula is C14H20ClN3O2. The van der Waals surface area contributed by atoms with Gasteiger partial charge in [-0.2, -0.15) is 0 Å². The van der Waals surface area contributed by atoms with Gasteiger partial charge in [-0.1, -0.05) is 32.4 Å². The van der Waals surface area contributed by atoms with Crippen molar-refractivity contribution in [2.24, 2.45) is 5.41 Å². The average molecular weight is 298 g/mol. The summed E-state index contributed by atoms with van der Waals surface area (Å²) in [5.41, 5.74) is 0.00924. The Morgan fingerprint density at radius 1 is 1.45 bits per heavy atom. The van der Waals surface area contributed by atoms with E-state index in [1.807, 2.05) is 4.90 Å². The van der Waals surface area contributed by atoms with Crippen LogP contribution in [0.4, 0.5) is 0 Å². The number of likely N-dealkylation sites (tertiary alicyclic amines) is 1. The van der Waals surface area contributed by atoms with E-state index < -0.39 is 0 Å². The highest BCUT2D eigenvalue weighted by Crippen LogP contribution is 2.23. The molecule has 1 saturated heterocycles. The quantitative estimate of drug-likeness (QED) is 0.860. The van der Waals surface area contributed by atoms with Crippen molar-refractivity contribution in [1.82, 2.24) is 14.9 Å². The summed E-state index contributed by atoms with van der Waals surface area (Å²) in [6.45, 7) is 7.53. The number of nitrogens with zero attached hydrogens (tertiary/aromatic N) is 3. The first-order valence-corrected chi connectivity index (χ1v) is 7.13. The van der Waals surface area contributed by atoms with Crippen LogP contribution in [-0.2, 0) is 4.79 Å². The van der Waals surface area contributed by atoms with Crippen LogP contribution in [0.1, 0.15) is 33.6 Å². The predicted octanol–water partition coefficient (Wildman–Crippen LogP) is 2.55. The van der Waals surface area contributed by atoms with Crippen molar-refractivity contribution in [2.45, 2.75) is 39.7 Å². The molecule has 0 bridgehead atoms. The van der Waals surface area contributed by atoms with E-state index in [-0.39, 0.29) is 17.4 Å². The van der Waals surface area contributed by atoms with Crippen LogP contribution < -0.4 is 4.74 Å². The SMILES string of the molecule is CC(C)(C)CC(=O)N1CCC(Oc2ncc(Cl)cn2)C1. The van der Waals surface area contributed by atoms with E-state index in [1.165, 1.54) is 12.4 Å². The molecule has 0 aliphatic carbocycles. The molecular weight excluding hydrogens is 278 g/mol. The van der Waals surface area contributed by atoms with Crippen LogP contribution in [0.15, 0.2) is 12.4 Å². The summed E-state index contributed by atoms with van der Waals surface area (Å²) in [5, 5.41) is 0.478. The van der Waals surface area contributed by atoms with Crippen LogP contribution in [-0.4, -0.2) is 40.0 Å². The number of hydrogen-bond donors (Lipinski definition) is 0. The monoisotopic (exact) mass is 297 g/mol. The highest BCUT2D eigenvalue weighted by molar-refractivity contribution is 6.30. The minimum Gasteiger partial charge on any atom is -0.458 e. The molecule has 0 radical (unpaired) electrons. The van der Waals surface area contributed by atoms with Crippen LogP contribution in [0.2, 0.25) is 5.02 Å². The van der Waals surface area contributed by atoms with Gasteiger partial charge in [0.2, 0.25) is 5.91 Å². The van der Waals surface area contributed by atoms with Gasteiger partial charge in [0.1, 0.15) is 6.10 Å². The Labute approximate surface area is 124 Å². The Hall–Kier alpha value is -1.36. The Kier molecular flexibility index (Phi) is 4.48. The number of amides is 1. The Morgan fingerprint density at radius 2 is 2.10 bits per heavy atom. The largest absolute Gasteiger partial charge is 0.458 e. The maximum absolute atomic E-state index is 12.1. The minimum absolute atomic E-state index is 0.00924. The molecule has 0 spiro atoms. The van der Waals surface area contributed by atoms with E-state index >= 15 is 0 Å². The van der Waals surface area contributed by atoms with Gasteiger partial charge in [-0.25, -0.2) is 9.97 Å². The molecule has 0 saturated carbocycles. The smallest absolute Gasteiger partial charge is 0.316 e. The molecule has 1 aliphatic rings. The molecule has 0 aromatic carbocycles. The lowest BCUT2D eigenvalue weighted by Crippen LogP contribution is -2.33. The number of carbonyl (C=O) groups excluding carboxylic acids is 1. The molecule has 1 aromatic rings. The van der Waals surface area contributed by atoms with E-state index in [4.69, 9.17) is 16.3 Å². The van der Waals surface area contributed by atoms with E-state index in [0.717, 1.165) is 13.0 Å². The first-order chi connectivity index (χ1) is 9.33. The second kappa shape index (κ2) is 5.95. The summed E-state index contributed by atoms with van der Waals surface area (Å²) in [6.07, 6.45) is 4.32. The van der Waals surface area contributed by atoms with Gasteiger partial charge in [0.25, 0.3) is 0 Å². The molecule has 1 atom stereocenters. The summed E-state index contributed by atoms with van der Waals surface area (Å²) >= 11 is 5.72. The van der Waals surface area contributed by atoms with E-state index in [0.29, 0.717) is 24.0 Å². The van der Waals surface area contributed by atoms with Gasteiger partial charge in [-0.15, -0.1) is 0 Å². The number of ether oxygens (including phenoxy) is 1. The van der Waals surface area contributed by atoms with E-state index in [9.17, 15) is 4.79 Å². The fraction of sp³-hybridized carbons (Fsp3) is 0.643. The second-order valence-electron chi connectivity index (χ2n) is 6.29. The van der Waals surface area contributed by atoms with Crippen molar-refractivity contribution >= 4 is 17.5 Å². The fourth-order valence-corrected chi connectivity index (χ4v) is 2.22. The maximum atomic E-state index is 12.1. The third-order valence-electron chi connectivity index (χ3n) is 3.05. The van der Waals surface area contributed by atoms with Gasteiger partial charge in [-0.3, -0.25) is 4.79 Å². The van der Waals surface area contributed by atoms with Gasteiger partial charge in [0.05, 0.1) is 24.0 Å². The van der Waals surface area contributed by atoms with Crippen LogP contribution in [0.3, 0.4) is 0 Å². The molecule has 5 nitrogen and oxygen atoms in total. The second-order valence-corrected chi connectivity index (χ2v) is 6.73. The molecule has 1 unspecified atom stereocenters. The minimum atomic E-state index is -0.0416. The molecule has 1 fully saturated rings. The lowest BCUT2D eigenvalue weighted by Gasteiger charge is -2.22. The van der Waals surface area contributed by atoms with Gasteiger partial charge in [-0.05, 0) is 5.41 Å². The molecule has 6 heteroatoms. The van der Waals surface area contributed by atoms with Crippen LogP contribution in [0.25, 0.3) is 0 Å². The summed E-state index contributed by atoms with van der Waals surface area (Å²) in [7, 11) is 0. The molecule has 20 heavy (non-hydrogen) atoms. The highest BCUT2D eigenvalue weighted by atomic mass is 35.5. The number of aromatic nitrogens is 2. The maximum Gasteiger partial charge on any atom is 0.316 e. The van der Waals surface area contributed by atoms with Crippen LogP contribution in [0.5, 0.6) is 6.01 Å². The molecule has 1 aromatic heterocycles. The lowest BCUT2D eigenvalue weighted by atomic mass is 9.92. The Balaban J connectivity index is 1.86. The molecule has 1 aliphatic heterocycles. The number of halogens is 1. The first-order valence-electron chi connectivity index (χ1n) is 6.75. The van der Waals surface area contributed by atoms with Gasteiger partial charge >= 0.3 is 6.01 Å². The van der Waals surface area contributed by atoms with Crippen molar-refractivity contribution in [1.29, 1.82) is 0 Å². The van der Waals surface area contributed by atoms with Crippen LogP contribution in [0, 0.1) is 5.41 Å². The van der Waals surface area contributed by atoms with Gasteiger partial charge in [0.15, 0.2) is 0 Å². The number of rotatable bonds is 3. The Morgan fingerprint density at radius 3 is 2.70 bits per heavy atom. The average Bonchev–Trinajstić information content (AvgIpc) is 2.79. The zero-order valence-corrected chi connectivity index (χ0v) is 12.9. The van der Waals surface area contributed by atoms with Crippen molar-refractivity contribution in [3.05, 3.63) is 17.4 Å². The van der Waals surface area contributed by atoms with Crippen molar-refractivity contribution in [3.8, 4) is 6.01 Å². The van der Waals surface area contributed by atoms with Crippen molar-refractivity contribution < 1.29 is 9.53 Å². The summed E-state index contributed by atoms with van der Waals surface area (Å²) in [6, 6.07) is 0.310. The zero-order chi connectivity index (χ0) is 14.8. The molecule has 110 valence electrons. The van der Waals surface area contributed by atoms with Crippen LogP contribution >= 0.6 is 11.6 Å². The number of hydrogen-bond acceptors (Lipinski definition) is 4. The number of carbonyl (C=O) groups is 1. The van der Waals surface area contributed by atoms with Gasteiger partial charge < -0.3 is 9.64 Å². The first kappa shape index (κ1) is 15.0. The van der Waals surface area contributed by atoms with Gasteiger partial charge in [0, 0.05) is 19.4 Å². The summed E-state index contributed by atoms with van der Waals surface area (Å²) in [4.78, 5) is 22.0. The third-order valence-corrected chi connectivity index (χ3v) is 3.24. The third kappa shape index (κ3) is 4.34. The highest BCUT2D eigenvalue weighted by Gasteiger charge is 2.30. The molecule has 0 N–H and O–H groups in total. The summed E-state index contributed by atoms with van der Waals surface area (Å²) < 4.78 is 5.67. The molecule has 2 heterocycles. The molecule has 2 rings (SSSR count). The van der Waals surface area contributed by atoms with Crippen molar-refractivity contribution in [2.75, 3.05) is 13.1 Å². The zero-order valence-electron chi connectivity index (χ0n) is 12.1. The fourth-order valence-electron chi connectivity index (χ4n) is 2.13. The topological polar surface area (TPSA) is 55.3 Å². The standard InChI is InChI=1S/C14H20ClN3O2/c1-14(2,3)6-12(19)18-5-4-11(9-18)20-13-16-7-10(15)8-17-13/h7-8,11H,4-6,9H2,1-3H3. The summed E-state index contributed by atoms with van der Waals surface area (Å²) in [5.74, 6) is 0.181. The van der Waals surface area contributed by atoms with E-state index in [2.05, 4.69) is 30.7 Å².